The van der Waals surface area contributed by atoms with E-state index in [9.17, 15) is 10.2 Å². The number of rotatable bonds is 4. The molecular weight excluding hydrogens is 340 g/mol. The Kier molecular flexibility index (Phi) is 4.47. The Morgan fingerprint density at radius 1 is 1.27 bits per heavy atom. The van der Waals surface area contributed by atoms with E-state index in [0.717, 1.165) is 17.0 Å². The highest BCUT2D eigenvalue weighted by molar-refractivity contribution is 5.66. The second kappa shape index (κ2) is 6.79. The SMILES string of the molecule is COc1cc(-c2nc(CN3CC[C@@H](O)[C@H](O)C3)c(C)o2)cc2c1OCO2. The molecule has 140 valence electrons. The molecule has 0 saturated carbocycles. The largest absolute Gasteiger partial charge is 0.493 e. The summed E-state index contributed by atoms with van der Waals surface area (Å²) < 4.78 is 22.1. The summed E-state index contributed by atoms with van der Waals surface area (Å²) in [5.74, 6) is 2.95. The lowest BCUT2D eigenvalue weighted by Gasteiger charge is -2.32. The van der Waals surface area contributed by atoms with Gasteiger partial charge in [0.2, 0.25) is 18.4 Å². The number of β-amino-alcohol motifs (C(OH)–C–C–N with tert-alkyl or cyclic N) is 1. The third kappa shape index (κ3) is 3.11. The molecule has 1 saturated heterocycles. The van der Waals surface area contributed by atoms with Crippen molar-refractivity contribution in [2.45, 2.75) is 32.1 Å². The molecule has 8 nitrogen and oxygen atoms in total. The summed E-state index contributed by atoms with van der Waals surface area (Å²) >= 11 is 0. The highest BCUT2D eigenvalue weighted by Gasteiger charge is 2.27. The van der Waals surface area contributed by atoms with Gasteiger partial charge in [-0.25, -0.2) is 4.98 Å². The van der Waals surface area contributed by atoms with Gasteiger partial charge in [0.25, 0.3) is 0 Å². The first-order chi connectivity index (χ1) is 12.5. The maximum absolute atomic E-state index is 9.85. The van der Waals surface area contributed by atoms with Crippen LogP contribution in [0.1, 0.15) is 17.9 Å². The number of aryl methyl sites for hydroxylation is 1. The van der Waals surface area contributed by atoms with Gasteiger partial charge in [-0.3, -0.25) is 4.90 Å². The molecule has 0 radical (unpaired) electrons. The summed E-state index contributed by atoms with van der Waals surface area (Å²) in [7, 11) is 1.57. The second-order valence-corrected chi connectivity index (χ2v) is 6.59. The molecule has 8 heteroatoms. The number of piperidine rings is 1. The van der Waals surface area contributed by atoms with E-state index in [1.807, 2.05) is 19.1 Å². The number of fused-ring (bicyclic) bond motifs is 1. The van der Waals surface area contributed by atoms with Gasteiger partial charge >= 0.3 is 0 Å². The molecule has 1 fully saturated rings. The first-order valence-electron chi connectivity index (χ1n) is 8.58. The van der Waals surface area contributed by atoms with Crippen LogP contribution < -0.4 is 14.2 Å². The third-order valence-electron chi connectivity index (χ3n) is 4.80. The van der Waals surface area contributed by atoms with Crippen LogP contribution in [0.5, 0.6) is 17.2 Å². The minimum absolute atomic E-state index is 0.161. The van der Waals surface area contributed by atoms with Gasteiger partial charge in [-0.2, -0.15) is 0 Å². The monoisotopic (exact) mass is 362 g/mol. The third-order valence-corrected chi connectivity index (χ3v) is 4.80. The van der Waals surface area contributed by atoms with Crippen LogP contribution in [-0.4, -0.2) is 59.3 Å². The van der Waals surface area contributed by atoms with Crippen molar-refractivity contribution in [2.24, 2.45) is 0 Å². The predicted octanol–water partition coefficient (Wildman–Crippen LogP) is 1.31. The Morgan fingerprint density at radius 3 is 2.88 bits per heavy atom. The van der Waals surface area contributed by atoms with Crippen LogP contribution in [-0.2, 0) is 6.54 Å². The van der Waals surface area contributed by atoms with Gasteiger partial charge in [0.15, 0.2) is 11.5 Å². The molecule has 2 aliphatic rings. The van der Waals surface area contributed by atoms with Gasteiger partial charge in [-0.1, -0.05) is 0 Å². The summed E-state index contributed by atoms with van der Waals surface area (Å²) in [4.78, 5) is 6.68. The molecule has 1 aromatic carbocycles. The molecule has 2 N–H and O–H groups in total. The number of nitrogens with zero attached hydrogens (tertiary/aromatic N) is 2. The normalized spacial score (nSPS) is 22.6. The molecule has 0 aliphatic carbocycles. The maximum Gasteiger partial charge on any atom is 0.231 e. The average molecular weight is 362 g/mol. The Labute approximate surface area is 150 Å². The van der Waals surface area contributed by atoms with Crippen LogP contribution in [0, 0.1) is 6.92 Å². The quantitative estimate of drug-likeness (QED) is 0.840. The van der Waals surface area contributed by atoms with E-state index >= 15 is 0 Å². The summed E-state index contributed by atoms with van der Waals surface area (Å²) in [5.41, 5.74) is 1.55. The number of hydrogen-bond donors (Lipinski definition) is 2. The Bertz CT molecular complexity index is 805. The molecule has 0 unspecified atom stereocenters. The van der Waals surface area contributed by atoms with Crippen LogP contribution in [0.4, 0.5) is 0 Å². The van der Waals surface area contributed by atoms with Crippen LogP contribution in [0.2, 0.25) is 0 Å². The number of methoxy groups -OCH3 is 1. The van der Waals surface area contributed by atoms with E-state index < -0.39 is 12.2 Å². The second-order valence-electron chi connectivity index (χ2n) is 6.59. The number of likely N-dealkylation sites (tertiary alicyclic amines) is 1. The van der Waals surface area contributed by atoms with Crippen LogP contribution in [0.3, 0.4) is 0 Å². The van der Waals surface area contributed by atoms with Gasteiger partial charge in [0.1, 0.15) is 5.76 Å². The Hall–Kier alpha value is -2.29. The lowest BCUT2D eigenvalue weighted by atomic mass is 10.1. The molecule has 0 bridgehead atoms. The van der Waals surface area contributed by atoms with E-state index in [2.05, 4.69) is 9.88 Å². The number of benzene rings is 1. The van der Waals surface area contributed by atoms with Crippen LogP contribution in [0.15, 0.2) is 16.5 Å². The van der Waals surface area contributed by atoms with Crippen molar-refractivity contribution in [3.63, 3.8) is 0 Å². The molecule has 0 amide bonds. The highest BCUT2D eigenvalue weighted by atomic mass is 16.7. The molecule has 1 aromatic heterocycles. The smallest absolute Gasteiger partial charge is 0.231 e. The standard InChI is InChI=1S/C18H22N2O6/c1-10-12(7-20-4-3-13(21)14(22)8-20)19-18(26-10)11-5-15(23-2)17-16(6-11)24-9-25-17/h5-6,13-14,21-22H,3-4,7-9H2,1-2H3/t13-,14-/m1/s1. The molecule has 0 spiro atoms. The highest BCUT2D eigenvalue weighted by Crippen LogP contribution is 2.44. The van der Waals surface area contributed by atoms with Crippen molar-refractivity contribution in [1.82, 2.24) is 9.88 Å². The molecule has 2 aliphatic heterocycles. The van der Waals surface area contributed by atoms with E-state index in [0.29, 0.717) is 49.2 Å². The molecule has 2 atom stereocenters. The lowest BCUT2D eigenvalue weighted by Crippen LogP contribution is -2.46. The van der Waals surface area contributed by atoms with Gasteiger partial charge in [0, 0.05) is 25.2 Å². The van der Waals surface area contributed by atoms with Crippen molar-refractivity contribution in [2.75, 3.05) is 27.0 Å². The fraction of sp³-hybridized carbons (Fsp3) is 0.500. The van der Waals surface area contributed by atoms with Crippen molar-refractivity contribution in [3.8, 4) is 28.7 Å². The Morgan fingerprint density at radius 2 is 2.12 bits per heavy atom. The molecule has 26 heavy (non-hydrogen) atoms. The minimum atomic E-state index is -0.728. The number of aromatic nitrogens is 1. The summed E-state index contributed by atoms with van der Waals surface area (Å²) in [5, 5.41) is 19.5. The first-order valence-corrected chi connectivity index (χ1v) is 8.58. The number of aliphatic hydroxyl groups is 2. The summed E-state index contributed by atoms with van der Waals surface area (Å²) in [6.07, 6.45) is -0.834. The fourth-order valence-electron chi connectivity index (χ4n) is 3.29. The summed E-state index contributed by atoms with van der Waals surface area (Å²) in [6, 6.07) is 3.63. The van der Waals surface area contributed by atoms with Gasteiger partial charge in [0.05, 0.1) is 25.0 Å². The molecule has 4 rings (SSSR count). The summed E-state index contributed by atoms with van der Waals surface area (Å²) in [6.45, 7) is 3.71. The Balaban J connectivity index is 1.57. The first kappa shape index (κ1) is 17.1. The van der Waals surface area contributed by atoms with Crippen molar-refractivity contribution in [1.29, 1.82) is 0 Å². The van der Waals surface area contributed by atoms with Crippen molar-refractivity contribution >= 4 is 0 Å². The van der Waals surface area contributed by atoms with Crippen LogP contribution >= 0.6 is 0 Å². The van der Waals surface area contributed by atoms with Crippen molar-refractivity contribution in [3.05, 3.63) is 23.6 Å². The van der Waals surface area contributed by atoms with Gasteiger partial charge < -0.3 is 28.8 Å². The average Bonchev–Trinajstić information content (AvgIpc) is 3.24. The zero-order valence-electron chi connectivity index (χ0n) is 14.8. The number of aliphatic hydroxyl groups excluding tert-OH is 2. The molecule has 2 aromatic rings. The molecular formula is C18H22N2O6. The van der Waals surface area contributed by atoms with Crippen LogP contribution in [0.25, 0.3) is 11.5 Å². The zero-order valence-corrected chi connectivity index (χ0v) is 14.8. The lowest BCUT2D eigenvalue weighted by molar-refractivity contribution is -0.0406. The number of ether oxygens (including phenoxy) is 3. The maximum atomic E-state index is 9.85. The van der Waals surface area contributed by atoms with E-state index in [1.165, 1.54) is 0 Å². The van der Waals surface area contributed by atoms with Gasteiger partial charge in [-0.15, -0.1) is 0 Å². The van der Waals surface area contributed by atoms with E-state index in [1.54, 1.807) is 7.11 Å². The molecule has 3 heterocycles. The minimum Gasteiger partial charge on any atom is -0.493 e. The fourth-order valence-corrected chi connectivity index (χ4v) is 3.29. The number of oxazole rings is 1. The van der Waals surface area contributed by atoms with E-state index in [-0.39, 0.29) is 6.79 Å². The van der Waals surface area contributed by atoms with Gasteiger partial charge in [-0.05, 0) is 25.5 Å². The van der Waals surface area contributed by atoms with Crippen molar-refractivity contribution < 1.29 is 28.8 Å². The predicted molar refractivity (Wildman–Crippen MR) is 91.3 cm³/mol. The topological polar surface area (TPSA) is 97.4 Å². The number of hydrogen-bond acceptors (Lipinski definition) is 8. The van der Waals surface area contributed by atoms with E-state index in [4.69, 9.17) is 18.6 Å². The zero-order chi connectivity index (χ0) is 18.3.